The summed E-state index contributed by atoms with van der Waals surface area (Å²) in [5, 5.41) is 9.99. The van der Waals surface area contributed by atoms with Crippen LogP contribution in [0.15, 0.2) is 42.5 Å². The predicted molar refractivity (Wildman–Crippen MR) is 119 cm³/mol. The predicted octanol–water partition coefficient (Wildman–Crippen LogP) is 3.83. The Bertz CT molecular complexity index is 972. The average Bonchev–Trinajstić information content (AvgIpc) is 3.19. The zero-order valence-corrected chi connectivity index (χ0v) is 18.3. The molecule has 2 aliphatic rings. The fraction of sp³-hybridized carbons (Fsp3) is 0.440. The molecule has 2 saturated heterocycles. The van der Waals surface area contributed by atoms with Crippen molar-refractivity contribution in [1.29, 1.82) is 0 Å². The van der Waals surface area contributed by atoms with Crippen LogP contribution in [0, 0.1) is 6.92 Å². The number of likely N-dealkylation sites (tertiary alicyclic amines) is 1. The number of hydrogen-bond donors (Lipinski definition) is 1. The van der Waals surface area contributed by atoms with E-state index in [4.69, 9.17) is 4.74 Å². The first kappa shape index (κ1) is 21.2. The number of phenols is 1. The van der Waals surface area contributed by atoms with Crippen molar-refractivity contribution in [2.24, 2.45) is 0 Å². The van der Waals surface area contributed by atoms with Crippen molar-refractivity contribution >= 4 is 17.5 Å². The SMILES string of the molecule is COc1ccc(CCC(=O)N2CCCC23CCCN(c2ccc(C)cc2)C3=O)cc1O. The largest absolute Gasteiger partial charge is 0.504 e. The molecule has 0 bridgehead atoms. The Hall–Kier alpha value is -3.02. The van der Waals surface area contributed by atoms with Crippen LogP contribution in [0.1, 0.15) is 43.2 Å². The van der Waals surface area contributed by atoms with E-state index in [1.165, 1.54) is 7.11 Å². The Morgan fingerprint density at radius 2 is 1.81 bits per heavy atom. The van der Waals surface area contributed by atoms with Crippen molar-refractivity contribution in [1.82, 2.24) is 4.90 Å². The number of amides is 2. The van der Waals surface area contributed by atoms with E-state index in [2.05, 4.69) is 0 Å². The van der Waals surface area contributed by atoms with Crippen LogP contribution in [-0.4, -0.2) is 47.6 Å². The highest BCUT2D eigenvalue weighted by Crippen LogP contribution is 2.40. The summed E-state index contributed by atoms with van der Waals surface area (Å²) < 4.78 is 5.08. The molecular formula is C25H30N2O4. The molecule has 0 saturated carbocycles. The Balaban J connectivity index is 1.49. The lowest BCUT2D eigenvalue weighted by Gasteiger charge is -2.44. The molecule has 0 radical (unpaired) electrons. The van der Waals surface area contributed by atoms with Crippen molar-refractivity contribution < 1.29 is 19.4 Å². The Morgan fingerprint density at radius 1 is 1.10 bits per heavy atom. The number of piperidine rings is 1. The van der Waals surface area contributed by atoms with Gasteiger partial charge in [0.15, 0.2) is 11.5 Å². The Morgan fingerprint density at radius 3 is 2.48 bits per heavy atom. The molecule has 1 spiro atoms. The lowest BCUT2D eigenvalue weighted by molar-refractivity contribution is -0.145. The van der Waals surface area contributed by atoms with Gasteiger partial charge in [-0.25, -0.2) is 0 Å². The van der Waals surface area contributed by atoms with E-state index in [0.29, 0.717) is 31.7 Å². The van der Waals surface area contributed by atoms with Crippen LogP contribution in [0.4, 0.5) is 5.69 Å². The maximum atomic E-state index is 13.6. The van der Waals surface area contributed by atoms with Gasteiger partial charge in [-0.05, 0) is 68.9 Å². The third-order valence-electron chi connectivity index (χ3n) is 6.62. The lowest BCUT2D eigenvalue weighted by Crippen LogP contribution is -2.61. The van der Waals surface area contributed by atoms with Crippen LogP contribution >= 0.6 is 0 Å². The molecule has 2 heterocycles. The van der Waals surface area contributed by atoms with Gasteiger partial charge in [-0.1, -0.05) is 23.8 Å². The van der Waals surface area contributed by atoms with Gasteiger partial charge in [-0.2, -0.15) is 0 Å². The van der Waals surface area contributed by atoms with Gasteiger partial charge < -0.3 is 19.6 Å². The smallest absolute Gasteiger partial charge is 0.252 e. The van der Waals surface area contributed by atoms with Gasteiger partial charge in [0.1, 0.15) is 5.54 Å². The number of carbonyl (C=O) groups excluding carboxylic acids is 2. The van der Waals surface area contributed by atoms with E-state index in [9.17, 15) is 14.7 Å². The quantitative estimate of drug-likeness (QED) is 0.795. The zero-order valence-electron chi connectivity index (χ0n) is 18.3. The fourth-order valence-corrected chi connectivity index (χ4v) is 4.96. The third-order valence-corrected chi connectivity index (χ3v) is 6.62. The van der Waals surface area contributed by atoms with Crippen LogP contribution < -0.4 is 9.64 Å². The summed E-state index contributed by atoms with van der Waals surface area (Å²) in [6, 6.07) is 13.2. The minimum Gasteiger partial charge on any atom is -0.504 e. The number of nitrogens with zero attached hydrogens (tertiary/aromatic N) is 2. The third kappa shape index (κ3) is 3.99. The zero-order chi connectivity index (χ0) is 22.0. The van der Waals surface area contributed by atoms with Gasteiger partial charge in [0.25, 0.3) is 5.91 Å². The van der Waals surface area contributed by atoms with Gasteiger partial charge in [0.05, 0.1) is 7.11 Å². The van der Waals surface area contributed by atoms with E-state index in [1.807, 2.05) is 47.1 Å². The van der Waals surface area contributed by atoms with Gasteiger partial charge >= 0.3 is 0 Å². The van der Waals surface area contributed by atoms with Crippen molar-refractivity contribution in [2.45, 2.75) is 51.0 Å². The molecule has 2 fully saturated rings. The highest BCUT2D eigenvalue weighted by atomic mass is 16.5. The average molecular weight is 423 g/mol. The number of rotatable bonds is 5. The molecule has 2 aromatic carbocycles. The molecule has 4 rings (SSSR count). The van der Waals surface area contributed by atoms with Crippen LogP contribution in [0.3, 0.4) is 0 Å². The molecule has 1 unspecified atom stereocenters. The lowest BCUT2D eigenvalue weighted by atomic mass is 9.84. The molecular weight excluding hydrogens is 392 g/mol. The van der Waals surface area contributed by atoms with E-state index in [0.717, 1.165) is 42.5 Å². The van der Waals surface area contributed by atoms with Crippen molar-refractivity contribution in [2.75, 3.05) is 25.1 Å². The van der Waals surface area contributed by atoms with Gasteiger partial charge in [0, 0.05) is 25.2 Å². The molecule has 0 aromatic heterocycles. The molecule has 31 heavy (non-hydrogen) atoms. The second-order valence-electron chi connectivity index (χ2n) is 8.58. The summed E-state index contributed by atoms with van der Waals surface area (Å²) in [5.74, 6) is 0.543. The number of ether oxygens (including phenoxy) is 1. The van der Waals surface area contributed by atoms with E-state index in [-0.39, 0.29) is 17.6 Å². The summed E-state index contributed by atoms with van der Waals surface area (Å²) in [6.45, 7) is 3.35. The first-order valence-electron chi connectivity index (χ1n) is 11.0. The first-order valence-corrected chi connectivity index (χ1v) is 11.0. The van der Waals surface area contributed by atoms with E-state index < -0.39 is 5.54 Å². The van der Waals surface area contributed by atoms with E-state index in [1.54, 1.807) is 12.1 Å². The van der Waals surface area contributed by atoms with Crippen LogP contribution in [-0.2, 0) is 16.0 Å². The van der Waals surface area contributed by atoms with Crippen molar-refractivity contribution in [3.05, 3.63) is 53.6 Å². The van der Waals surface area contributed by atoms with Gasteiger partial charge in [-0.3, -0.25) is 9.59 Å². The number of carbonyl (C=O) groups is 2. The minimum atomic E-state index is -0.720. The van der Waals surface area contributed by atoms with Crippen molar-refractivity contribution in [3.8, 4) is 11.5 Å². The summed E-state index contributed by atoms with van der Waals surface area (Å²) in [6.07, 6.45) is 4.01. The molecule has 1 atom stereocenters. The molecule has 164 valence electrons. The molecule has 0 aliphatic carbocycles. The number of anilines is 1. The maximum absolute atomic E-state index is 13.6. The van der Waals surface area contributed by atoms with Gasteiger partial charge in [-0.15, -0.1) is 0 Å². The summed E-state index contributed by atoms with van der Waals surface area (Å²) in [5.41, 5.74) is 2.21. The molecule has 6 heteroatoms. The number of aromatic hydroxyl groups is 1. The standard InChI is InChI=1S/C25H30N2O4/c1-18-5-9-20(10-6-18)26-15-3-13-25(24(26)30)14-4-16-27(25)23(29)12-8-19-7-11-22(31-2)21(28)17-19/h5-7,9-11,17,28H,3-4,8,12-16H2,1-2H3. The van der Waals surface area contributed by atoms with Crippen LogP contribution in [0.25, 0.3) is 0 Å². The second kappa shape index (κ2) is 8.61. The number of benzene rings is 2. The highest BCUT2D eigenvalue weighted by molar-refractivity contribution is 6.03. The Labute approximate surface area is 183 Å². The minimum absolute atomic E-state index is 0.00640. The molecule has 2 aliphatic heterocycles. The van der Waals surface area contributed by atoms with Gasteiger partial charge in [0.2, 0.25) is 5.91 Å². The first-order chi connectivity index (χ1) is 14.9. The van der Waals surface area contributed by atoms with E-state index >= 15 is 0 Å². The normalized spacial score (nSPS) is 21.0. The highest BCUT2D eigenvalue weighted by Gasteiger charge is 2.52. The molecule has 2 aromatic rings. The monoisotopic (exact) mass is 422 g/mol. The summed E-state index contributed by atoms with van der Waals surface area (Å²) >= 11 is 0. The Kier molecular flexibility index (Phi) is 5.90. The van der Waals surface area contributed by atoms with Crippen molar-refractivity contribution in [3.63, 3.8) is 0 Å². The number of hydrogen-bond acceptors (Lipinski definition) is 4. The topological polar surface area (TPSA) is 70.1 Å². The molecule has 6 nitrogen and oxygen atoms in total. The molecule has 1 N–H and O–H groups in total. The number of aryl methyl sites for hydroxylation is 2. The molecule has 2 amide bonds. The second-order valence-corrected chi connectivity index (χ2v) is 8.58. The van der Waals surface area contributed by atoms with Crippen LogP contribution in [0.2, 0.25) is 0 Å². The summed E-state index contributed by atoms with van der Waals surface area (Å²) in [7, 11) is 1.51. The van der Waals surface area contributed by atoms with Crippen LogP contribution in [0.5, 0.6) is 11.5 Å². The number of phenolic OH excluding ortho intramolecular Hbond substituents is 1. The fourth-order valence-electron chi connectivity index (χ4n) is 4.96. The maximum Gasteiger partial charge on any atom is 0.252 e. The number of methoxy groups -OCH3 is 1. The summed E-state index contributed by atoms with van der Waals surface area (Å²) in [4.78, 5) is 30.5.